The summed E-state index contributed by atoms with van der Waals surface area (Å²) in [5, 5.41) is 1.19. The summed E-state index contributed by atoms with van der Waals surface area (Å²) in [6.07, 6.45) is 0.364. The van der Waals surface area contributed by atoms with E-state index in [1.807, 2.05) is 26.1 Å². The molecule has 1 atom stereocenters. The predicted octanol–water partition coefficient (Wildman–Crippen LogP) is 3.72. The van der Waals surface area contributed by atoms with Gasteiger partial charge < -0.3 is 14.0 Å². The normalized spacial score (nSPS) is 12.4. The highest BCUT2D eigenvalue weighted by Crippen LogP contribution is 2.33. The van der Waals surface area contributed by atoms with E-state index < -0.39 is 17.9 Å². The van der Waals surface area contributed by atoms with Crippen molar-refractivity contribution in [3.05, 3.63) is 35.5 Å². The molecule has 0 spiro atoms. The first-order chi connectivity index (χ1) is 11.9. The van der Waals surface area contributed by atoms with Crippen LogP contribution in [0.4, 0.5) is 0 Å². The first kappa shape index (κ1) is 19.0. The molecular weight excluding hydrogens is 318 g/mol. The largest absolute Gasteiger partial charge is 0.465 e. The summed E-state index contributed by atoms with van der Waals surface area (Å²) in [4.78, 5) is 24.5. The average Bonchev–Trinajstić information content (AvgIpc) is 2.84. The molecule has 0 fully saturated rings. The molecule has 5 heteroatoms. The van der Waals surface area contributed by atoms with Crippen molar-refractivity contribution in [3.8, 4) is 0 Å². The van der Waals surface area contributed by atoms with E-state index in [0.29, 0.717) is 6.42 Å². The number of para-hydroxylation sites is 1. The van der Waals surface area contributed by atoms with E-state index in [1.54, 1.807) is 13.8 Å². The molecule has 1 aromatic heterocycles. The molecule has 0 aliphatic heterocycles. The molecule has 1 unspecified atom stereocenters. The van der Waals surface area contributed by atoms with E-state index in [2.05, 4.69) is 23.6 Å². The van der Waals surface area contributed by atoms with Gasteiger partial charge in [-0.1, -0.05) is 25.1 Å². The number of carbonyl (C=O) groups is 2. The third kappa shape index (κ3) is 3.86. The monoisotopic (exact) mass is 345 g/mol. The Kier molecular flexibility index (Phi) is 6.23. The van der Waals surface area contributed by atoms with Gasteiger partial charge in [0.05, 0.1) is 13.2 Å². The van der Waals surface area contributed by atoms with Gasteiger partial charge in [0.15, 0.2) is 5.92 Å². The van der Waals surface area contributed by atoms with Crippen molar-refractivity contribution in [2.75, 3.05) is 13.2 Å². The fourth-order valence-electron chi connectivity index (χ4n) is 3.54. The molecule has 0 bridgehead atoms. The maximum Gasteiger partial charge on any atom is 0.320 e. The van der Waals surface area contributed by atoms with E-state index in [-0.39, 0.29) is 19.1 Å². The Balaban J connectivity index is 2.33. The summed E-state index contributed by atoms with van der Waals surface area (Å²) in [5.41, 5.74) is 3.45. The summed E-state index contributed by atoms with van der Waals surface area (Å²) < 4.78 is 12.3. The van der Waals surface area contributed by atoms with Gasteiger partial charge in [-0.25, -0.2) is 0 Å². The fourth-order valence-corrected chi connectivity index (χ4v) is 3.54. The lowest BCUT2D eigenvalue weighted by atomic mass is 9.91. The minimum atomic E-state index is -0.896. The zero-order chi connectivity index (χ0) is 18.6. The fraction of sp³-hybridized carbons (Fsp3) is 0.500. The smallest absolute Gasteiger partial charge is 0.320 e. The van der Waals surface area contributed by atoms with Gasteiger partial charge in [0.1, 0.15) is 0 Å². The van der Waals surface area contributed by atoms with Crippen LogP contribution >= 0.6 is 0 Å². The Morgan fingerprint density at radius 3 is 2.16 bits per heavy atom. The quantitative estimate of drug-likeness (QED) is 0.567. The molecule has 0 N–H and O–H groups in total. The summed E-state index contributed by atoms with van der Waals surface area (Å²) >= 11 is 0. The number of aromatic nitrogens is 1. The molecule has 0 aliphatic rings. The number of hydrogen-bond acceptors (Lipinski definition) is 4. The number of hydrogen-bond donors (Lipinski definition) is 0. The van der Waals surface area contributed by atoms with Crippen molar-refractivity contribution in [3.63, 3.8) is 0 Å². The van der Waals surface area contributed by atoms with Crippen LogP contribution in [0.3, 0.4) is 0 Å². The third-order valence-corrected chi connectivity index (χ3v) is 4.61. The maximum absolute atomic E-state index is 12.2. The van der Waals surface area contributed by atoms with Crippen molar-refractivity contribution in [2.45, 2.75) is 40.0 Å². The lowest BCUT2D eigenvalue weighted by Crippen LogP contribution is -2.29. The van der Waals surface area contributed by atoms with Gasteiger partial charge in [-0.15, -0.1) is 0 Å². The van der Waals surface area contributed by atoms with Gasteiger partial charge in [0.2, 0.25) is 0 Å². The number of aryl methyl sites for hydroxylation is 2. The van der Waals surface area contributed by atoms with E-state index in [4.69, 9.17) is 9.47 Å². The van der Waals surface area contributed by atoms with Crippen LogP contribution in [0.25, 0.3) is 10.9 Å². The first-order valence-electron chi connectivity index (χ1n) is 8.79. The van der Waals surface area contributed by atoms with Gasteiger partial charge in [-0.2, -0.15) is 0 Å². The SMILES string of the molecule is CCOC(=O)C(CC(C)c1c(C)c2ccccc2n1C)C(=O)OCC. The van der Waals surface area contributed by atoms with E-state index >= 15 is 0 Å². The Bertz CT molecular complexity index is 705. The van der Waals surface area contributed by atoms with E-state index in [9.17, 15) is 9.59 Å². The molecule has 2 aromatic rings. The molecule has 0 saturated heterocycles. The summed E-state index contributed by atoms with van der Waals surface area (Å²) in [6, 6.07) is 8.20. The zero-order valence-corrected chi connectivity index (χ0v) is 15.7. The lowest BCUT2D eigenvalue weighted by molar-refractivity contribution is -0.162. The second-order valence-electron chi connectivity index (χ2n) is 6.28. The number of benzene rings is 1. The van der Waals surface area contributed by atoms with E-state index in [1.165, 1.54) is 10.9 Å². The van der Waals surface area contributed by atoms with Crippen molar-refractivity contribution >= 4 is 22.8 Å². The molecule has 136 valence electrons. The number of carbonyl (C=O) groups excluding carboxylic acids is 2. The van der Waals surface area contributed by atoms with Gasteiger partial charge in [-0.3, -0.25) is 9.59 Å². The van der Waals surface area contributed by atoms with Crippen LogP contribution in [-0.4, -0.2) is 29.7 Å². The van der Waals surface area contributed by atoms with Gasteiger partial charge >= 0.3 is 11.9 Å². The summed E-state index contributed by atoms with van der Waals surface area (Å²) in [5.74, 6) is -1.91. The Morgan fingerprint density at radius 1 is 1.08 bits per heavy atom. The molecule has 0 radical (unpaired) electrons. The van der Waals surface area contributed by atoms with Gasteiger partial charge in [0.25, 0.3) is 0 Å². The van der Waals surface area contributed by atoms with Crippen LogP contribution in [-0.2, 0) is 26.1 Å². The summed E-state index contributed by atoms with van der Waals surface area (Å²) in [6.45, 7) is 8.08. The third-order valence-electron chi connectivity index (χ3n) is 4.61. The number of rotatable bonds is 7. The lowest BCUT2D eigenvalue weighted by Gasteiger charge is -2.20. The van der Waals surface area contributed by atoms with Crippen molar-refractivity contribution < 1.29 is 19.1 Å². The van der Waals surface area contributed by atoms with Crippen LogP contribution in [0.2, 0.25) is 0 Å². The number of fused-ring (bicyclic) bond motifs is 1. The second-order valence-corrected chi connectivity index (χ2v) is 6.28. The predicted molar refractivity (Wildman–Crippen MR) is 97.4 cm³/mol. The minimum Gasteiger partial charge on any atom is -0.465 e. The molecule has 1 heterocycles. The standard InChI is InChI=1S/C20H27NO4/c1-6-24-19(22)16(20(23)25-7-2)12-13(3)18-14(4)15-10-8-9-11-17(15)21(18)5/h8-11,13,16H,6-7,12H2,1-5H3. The molecule has 0 amide bonds. The number of esters is 2. The molecule has 2 rings (SSSR count). The topological polar surface area (TPSA) is 57.5 Å². The zero-order valence-electron chi connectivity index (χ0n) is 15.7. The van der Waals surface area contributed by atoms with Gasteiger partial charge in [-0.05, 0) is 44.7 Å². The number of nitrogens with zero attached hydrogens (tertiary/aromatic N) is 1. The number of ether oxygens (including phenoxy) is 2. The van der Waals surface area contributed by atoms with Crippen LogP contribution in [0.15, 0.2) is 24.3 Å². The van der Waals surface area contributed by atoms with E-state index in [0.717, 1.165) is 11.2 Å². The molecule has 25 heavy (non-hydrogen) atoms. The molecule has 5 nitrogen and oxygen atoms in total. The highest BCUT2D eigenvalue weighted by molar-refractivity contribution is 5.95. The van der Waals surface area contributed by atoms with Crippen LogP contribution < -0.4 is 0 Å². The van der Waals surface area contributed by atoms with Crippen LogP contribution in [0.5, 0.6) is 0 Å². The van der Waals surface area contributed by atoms with Crippen LogP contribution in [0, 0.1) is 12.8 Å². The molecule has 0 saturated carbocycles. The highest BCUT2D eigenvalue weighted by Gasteiger charge is 2.32. The van der Waals surface area contributed by atoms with Crippen molar-refractivity contribution in [1.82, 2.24) is 4.57 Å². The second kappa shape index (κ2) is 8.19. The van der Waals surface area contributed by atoms with Gasteiger partial charge in [0, 0.05) is 23.6 Å². The minimum absolute atomic E-state index is 0.0104. The Labute approximate surface area is 148 Å². The Hall–Kier alpha value is -2.30. The van der Waals surface area contributed by atoms with Crippen molar-refractivity contribution in [2.24, 2.45) is 13.0 Å². The summed E-state index contributed by atoms with van der Waals surface area (Å²) in [7, 11) is 2.02. The maximum atomic E-state index is 12.2. The first-order valence-corrected chi connectivity index (χ1v) is 8.79. The molecule has 1 aromatic carbocycles. The highest BCUT2D eigenvalue weighted by atomic mass is 16.6. The molecular formula is C20H27NO4. The Morgan fingerprint density at radius 2 is 1.64 bits per heavy atom. The van der Waals surface area contributed by atoms with Crippen LogP contribution in [0.1, 0.15) is 44.4 Å². The average molecular weight is 345 g/mol. The molecule has 0 aliphatic carbocycles. The van der Waals surface area contributed by atoms with Crippen molar-refractivity contribution in [1.29, 1.82) is 0 Å².